The van der Waals surface area contributed by atoms with Crippen LogP contribution < -0.4 is 0 Å². The van der Waals surface area contributed by atoms with Crippen LogP contribution in [0.3, 0.4) is 0 Å². The summed E-state index contributed by atoms with van der Waals surface area (Å²) >= 11 is 4.91. The van der Waals surface area contributed by atoms with Crippen molar-refractivity contribution in [2.75, 3.05) is 0 Å². The lowest BCUT2D eigenvalue weighted by molar-refractivity contribution is -0.137. The molecule has 1 aromatic carbocycles. The zero-order valence-corrected chi connectivity index (χ0v) is 9.56. The summed E-state index contributed by atoms with van der Waals surface area (Å²) in [5.74, 6) is 0.381. The van der Waals surface area contributed by atoms with Gasteiger partial charge in [-0.05, 0) is 31.3 Å². The van der Waals surface area contributed by atoms with Crippen LogP contribution in [0.5, 0.6) is 0 Å². The molecule has 0 aliphatic carbocycles. The number of H-pyrrole nitrogens is 1. The van der Waals surface area contributed by atoms with Gasteiger partial charge >= 0.3 is 6.18 Å². The zero-order chi connectivity index (χ0) is 12.6. The Morgan fingerprint density at radius 3 is 2.47 bits per heavy atom. The van der Waals surface area contributed by atoms with Crippen molar-refractivity contribution in [3.63, 3.8) is 0 Å². The van der Waals surface area contributed by atoms with Gasteiger partial charge in [-0.2, -0.15) is 18.3 Å². The molecule has 0 atom stereocenters. The maximum Gasteiger partial charge on any atom is 0.418 e. The highest BCUT2D eigenvalue weighted by Crippen LogP contribution is 2.33. The van der Waals surface area contributed by atoms with Gasteiger partial charge in [0, 0.05) is 0 Å². The van der Waals surface area contributed by atoms with Gasteiger partial charge in [0.05, 0.1) is 11.3 Å². The van der Waals surface area contributed by atoms with Crippen molar-refractivity contribution >= 4 is 12.2 Å². The first-order valence-corrected chi connectivity index (χ1v) is 5.12. The number of nitrogens with one attached hydrogen (secondary N) is 1. The third kappa shape index (κ3) is 2.10. The van der Waals surface area contributed by atoms with Gasteiger partial charge in [0.15, 0.2) is 4.77 Å². The van der Waals surface area contributed by atoms with Gasteiger partial charge in [0.2, 0.25) is 0 Å². The Balaban J connectivity index is 2.73. The second-order valence-electron chi connectivity index (χ2n) is 3.43. The standard InChI is InChI=1S/C10H8F3N3S/c1-6-14-15-9(17)16(6)8-5-3-2-4-7(8)10(11,12)13/h2-5H,1H3,(H,15,17). The summed E-state index contributed by atoms with van der Waals surface area (Å²) in [4.78, 5) is 0. The van der Waals surface area contributed by atoms with Gasteiger partial charge < -0.3 is 0 Å². The van der Waals surface area contributed by atoms with Crippen molar-refractivity contribution < 1.29 is 13.2 Å². The van der Waals surface area contributed by atoms with Crippen LogP contribution >= 0.6 is 12.2 Å². The van der Waals surface area contributed by atoms with Crippen molar-refractivity contribution in [2.45, 2.75) is 13.1 Å². The molecule has 2 aromatic rings. The number of rotatable bonds is 1. The van der Waals surface area contributed by atoms with E-state index in [-0.39, 0.29) is 10.5 Å². The molecule has 0 spiro atoms. The summed E-state index contributed by atoms with van der Waals surface area (Å²) in [7, 11) is 0. The van der Waals surface area contributed by atoms with E-state index >= 15 is 0 Å². The largest absolute Gasteiger partial charge is 0.418 e. The molecule has 0 aliphatic heterocycles. The van der Waals surface area contributed by atoms with E-state index in [1.54, 1.807) is 6.92 Å². The Labute approximate surface area is 99.9 Å². The minimum atomic E-state index is -4.42. The van der Waals surface area contributed by atoms with Crippen molar-refractivity contribution in [1.82, 2.24) is 14.8 Å². The summed E-state index contributed by atoms with van der Waals surface area (Å²) in [5, 5.41) is 6.26. The number of nitrogens with zero attached hydrogens (tertiary/aromatic N) is 2. The number of aromatic nitrogens is 3. The Bertz CT molecular complexity index is 597. The third-order valence-corrected chi connectivity index (χ3v) is 2.56. The molecule has 1 aromatic heterocycles. The van der Waals surface area contributed by atoms with Crippen LogP contribution in [-0.4, -0.2) is 14.8 Å². The Hall–Kier alpha value is -1.63. The SMILES string of the molecule is Cc1n[nH]c(=S)n1-c1ccccc1C(F)(F)F. The van der Waals surface area contributed by atoms with Crippen molar-refractivity contribution in [1.29, 1.82) is 0 Å². The van der Waals surface area contributed by atoms with Crippen molar-refractivity contribution in [3.8, 4) is 5.69 Å². The lowest BCUT2D eigenvalue weighted by Crippen LogP contribution is -2.11. The van der Waals surface area contributed by atoms with E-state index in [0.29, 0.717) is 5.82 Å². The van der Waals surface area contributed by atoms with E-state index in [1.165, 1.54) is 22.8 Å². The number of aryl methyl sites for hydroxylation is 1. The van der Waals surface area contributed by atoms with E-state index < -0.39 is 11.7 Å². The van der Waals surface area contributed by atoms with E-state index in [1.807, 2.05) is 0 Å². The average molecular weight is 259 g/mol. The molecular formula is C10H8F3N3S. The molecule has 0 fully saturated rings. The maximum atomic E-state index is 12.8. The highest BCUT2D eigenvalue weighted by molar-refractivity contribution is 7.71. The molecule has 90 valence electrons. The molecule has 1 N–H and O–H groups in total. The zero-order valence-electron chi connectivity index (χ0n) is 8.75. The van der Waals surface area contributed by atoms with Crippen LogP contribution in [0.15, 0.2) is 24.3 Å². The summed E-state index contributed by atoms with van der Waals surface area (Å²) < 4.78 is 39.9. The predicted octanol–water partition coefficient (Wildman–Crippen LogP) is 3.26. The first-order chi connectivity index (χ1) is 7.91. The molecule has 0 saturated heterocycles. The van der Waals surface area contributed by atoms with Gasteiger partial charge in [0.25, 0.3) is 0 Å². The Kier molecular flexibility index (Phi) is 2.78. The number of benzene rings is 1. The Morgan fingerprint density at radius 1 is 1.29 bits per heavy atom. The topological polar surface area (TPSA) is 33.6 Å². The molecule has 1 heterocycles. The fourth-order valence-corrected chi connectivity index (χ4v) is 1.84. The molecule has 0 unspecified atom stereocenters. The molecule has 0 saturated carbocycles. The maximum absolute atomic E-state index is 12.8. The number of halogens is 3. The molecule has 0 radical (unpaired) electrons. The van der Waals surface area contributed by atoms with Gasteiger partial charge in [-0.25, -0.2) is 0 Å². The minimum Gasteiger partial charge on any atom is -0.272 e. The lowest BCUT2D eigenvalue weighted by atomic mass is 10.1. The minimum absolute atomic E-state index is 0.0174. The second-order valence-corrected chi connectivity index (χ2v) is 3.81. The summed E-state index contributed by atoms with van der Waals surface area (Å²) in [6, 6.07) is 5.24. The van der Waals surface area contributed by atoms with E-state index in [9.17, 15) is 13.2 Å². The molecular weight excluding hydrogens is 251 g/mol. The van der Waals surface area contributed by atoms with Gasteiger partial charge in [-0.15, -0.1) is 0 Å². The predicted molar refractivity (Wildman–Crippen MR) is 58.5 cm³/mol. The summed E-state index contributed by atoms with van der Waals surface area (Å²) in [5.41, 5.74) is -0.753. The number of hydrogen-bond acceptors (Lipinski definition) is 2. The molecule has 2 rings (SSSR count). The number of hydrogen-bond donors (Lipinski definition) is 1. The average Bonchev–Trinajstić information content (AvgIpc) is 2.57. The fourth-order valence-electron chi connectivity index (χ4n) is 1.57. The van der Waals surface area contributed by atoms with Crippen LogP contribution in [0, 0.1) is 11.7 Å². The second kappa shape index (κ2) is 3.99. The monoisotopic (exact) mass is 259 g/mol. The van der Waals surface area contributed by atoms with Crippen LogP contribution in [0.25, 0.3) is 5.69 Å². The van der Waals surface area contributed by atoms with E-state index in [0.717, 1.165) is 6.07 Å². The molecule has 0 aliphatic rings. The van der Waals surface area contributed by atoms with Gasteiger partial charge in [-0.3, -0.25) is 9.67 Å². The quantitative estimate of drug-likeness (QED) is 0.797. The fraction of sp³-hybridized carbons (Fsp3) is 0.200. The van der Waals surface area contributed by atoms with Crippen LogP contribution in [-0.2, 0) is 6.18 Å². The number of para-hydroxylation sites is 1. The molecule has 0 bridgehead atoms. The van der Waals surface area contributed by atoms with Crippen LogP contribution in [0.4, 0.5) is 13.2 Å². The Morgan fingerprint density at radius 2 is 1.94 bits per heavy atom. The summed E-state index contributed by atoms with van der Waals surface area (Å²) in [6.07, 6.45) is -4.42. The molecule has 17 heavy (non-hydrogen) atoms. The smallest absolute Gasteiger partial charge is 0.272 e. The number of alkyl halides is 3. The van der Waals surface area contributed by atoms with Gasteiger partial charge in [0.1, 0.15) is 5.82 Å². The van der Waals surface area contributed by atoms with E-state index in [2.05, 4.69) is 10.2 Å². The molecule has 7 heteroatoms. The normalized spacial score (nSPS) is 11.8. The van der Waals surface area contributed by atoms with Crippen molar-refractivity contribution in [2.24, 2.45) is 0 Å². The molecule has 0 amide bonds. The number of aromatic amines is 1. The molecule has 3 nitrogen and oxygen atoms in total. The first-order valence-electron chi connectivity index (χ1n) is 4.72. The first kappa shape index (κ1) is 11.8. The van der Waals surface area contributed by atoms with Crippen LogP contribution in [0.1, 0.15) is 11.4 Å². The third-order valence-electron chi connectivity index (χ3n) is 2.29. The van der Waals surface area contributed by atoms with Crippen LogP contribution in [0.2, 0.25) is 0 Å². The van der Waals surface area contributed by atoms with Crippen molar-refractivity contribution in [3.05, 3.63) is 40.4 Å². The lowest BCUT2D eigenvalue weighted by Gasteiger charge is -2.13. The van der Waals surface area contributed by atoms with Gasteiger partial charge in [-0.1, -0.05) is 12.1 Å². The van der Waals surface area contributed by atoms with E-state index in [4.69, 9.17) is 12.2 Å². The highest BCUT2D eigenvalue weighted by atomic mass is 32.1. The highest BCUT2D eigenvalue weighted by Gasteiger charge is 2.34. The summed E-state index contributed by atoms with van der Waals surface area (Å²) in [6.45, 7) is 1.58.